The number of nitrogens with one attached hydrogen (secondary N) is 1. The van der Waals surface area contributed by atoms with Crippen LogP contribution < -0.4 is 0 Å². The molecule has 0 aliphatic heterocycles. The number of halogens is 1. The quantitative estimate of drug-likeness (QED) is 0.499. The average molecular weight is 364 g/mol. The lowest BCUT2D eigenvalue weighted by Gasteiger charge is -2.08. The maximum absolute atomic E-state index is 4.92. The molecule has 0 aliphatic carbocycles. The van der Waals surface area contributed by atoms with Crippen molar-refractivity contribution in [2.24, 2.45) is 0 Å². The second-order valence-electron chi connectivity index (χ2n) is 5.09. The van der Waals surface area contributed by atoms with Gasteiger partial charge in [0.15, 0.2) is 0 Å². The minimum absolute atomic E-state index is 0. The Balaban J connectivity index is 0.00000192. The maximum Gasteiger partial charge on any atom is 0.117 e. The number of benzene rings is 1. The smallest absolute Gasteiger partial charge is 0.117 e. The summed E-state index contributed by atoms with van der Waals surface area (Å²) in [6, 6.07) is 10.2. The van der Waals surface area contributed by atoms with Crippen molar-refractivity contribution in [3.05, 3.63) is 53.5 Å². The molecule has 0 bridgehead atoms. The molecule has 3 aromatic rings. The molecule has 1 N–H and O–H groups in total. The maximum atomic E-state index is 4.92. The molecule has 0 spiro atoms. The molecule has 23 heavy (non-hydrogen) atoms. The molecule has 2 heterocycles. The number of aromatic nitrogens is 3. The Labute approximate surface area is 151 Å². The van der Waals surface area contributed by atoms with Crippen LogP contribution in [0.1, 0.15) is 23.4 Å². The van der Waals surface area contributed by atoms with Gasteiger partial charge in [0, 0.05) is 6.20 Å². The van der Waals surface area contributed by atoms with E-state index in [4.69, 9.17) is 12.2 Å². The number of fused-ring (bicyclic) bond motifs is 1. The van der Waals surface area contributed by atoms with E-state index < -0.39 is 0 Å². The van der Waals surface area contributed by atoms with Gasteiger partial charge in [0.25, 0.3) is 0 Å². The van der Waals surface area contributed by atoms with Gasteiger partial charge in [-0.1, -0.05) is 36.1 Å². The van der Waals surface area contributed by atoms with Crippen molar-refractivity contribution in [3.63, 3.8) is 0 Å². The zero-order valence-corrected chi connectivity index (χ0v) is 15.2. The third-order valence-electron chi connectivity index (χ3n) is 3.59. The summed E-state index contributed by atoms with van der Waals surface area (Å²) in [5.74, 6) is 1.77. The number of imidazole rings is 1. The summed E-state index contributed by atoms with van der Waals surface area (Å²) in [5.41, 5.74) is 4.67. The number of H-pyrrole nitrogens is 1. The highest BCUT2D eigenvalue weighted by molar-refractivity contribution is 7.98. The van der Waals surface area contributed by atoms with E-state index in [1.807, 2.05) is 30.5 Å². The summed E-state index contributed by atoms with van der Waals surface area (Å²) in [7, 11) is 0. The monoisotopic (exact) mass is 363 g/mol. The molecular formula is C17H18ClN3S2. The predicted molar refractivity (Wildman–Crippen MR) is 104 cm³/mol. The van der Waals surface area contributed by atoms with Gasteiger partial charge in [-0.25, -0.2) is 9.97 Å². The third kappa shape index (κ3) is 4.31. The SMILES string of the molecule is Cc1c(CCC=S)ccnc1SCc1nc2ccccc2[nH]1.Cl. The first-order valence-electron chi connectivity index (χ1n) is 7.22. The van der Waals surface area contributed by atoms with Crippen LogP contribution in [-0.2, 0) is 12.2 Å². The van der Waals surface area contributed by atoms with Crippen LogP contribution >= 0.6 is 36.4 Å². The van der Waals surface area contributed by atoms with Crippen LogP contribution in [0.4, 0.5) is 0 Å². The summed E-state index contributed by atoms with van der Waals surface area (Å²) >= 11 is 6.64. The molecule has 3 rings (SSSR count). The first kappa shape index (κ1) is 17.9. The zero-order valence-electron chi connectivity index (χ0n) is 12.8. The largest absolute Gasteiger partial charge is 0.341 e. The number of pyridine rings is 1. The van der Waals surface area contributed by atoms with E-state index in [1.54, 1.807) is 17.1 Å². The van der Waals surface area contributed by atoms with Gasteiger partial charge >= 0.3 is 0 Å². The predicted octanol–water partition coefficient (Wildman–Crippen LogP) is 4.91. The van der Waals surface area contributed by atoms with Gasteiger partial charge in [-0.05, 0) is 54.5 Å². The van der Waals surface area contributed by atoms with Crippen molar-refractivity contribution in [1.82, 2.24) is 15.0 Å². The lowest BCUT2D eigenvalue weighted by molar-refractivity contribution is 0.973. The Kier molecular flexibility index (Phi) is 6.57. The summed E-state index contributed by atoms with van der Waals surface area (Å²) in [6.07, 6.45) is 3.79. The number of thiocarbonyl (C=S) groups is 1. The van der Waals surface area contributed by atoms with Crippen molar-refractivity contribution in [3.8, 4) is 0 Å². The summed E-state index contributed by atoms with van der Waals surface area (Å²) < 4.78 is 0. The molecular weight excluding hydrogens is 346 g/mol. The Morgan fingerprint density at radius 3 is 2.87 bits per heavy atom. The molecule has 2 aromatic heterocycles. The van der Waals surface area contributed by atoms with Gasteiger partial charge in [-0.2, -0.15) is 0 Å². The summed E-state index contributed by atoms with van der Waals surface area (Å²) in [5, 5.41) is 2.86. The molecule has 0 saturated heterocycles. The number of para-hydroxylation sites is 2. The normalized spacial score (nSPS) is 10.5. The molecule has 0 radical (unpaired) electrons. The van der Waals surface area contributed by atoms with Crippen molar-refractivity contribution < 1.29 is 0 Å². The average Bonchev–Trinajstić information content (AvgIpc) is 2.95. The Morgan fingerprint density at radius 2 is 2.09 bits per heavy atom. The fraction of sp³-hybridized carbons (Fsp3) is 0.235. The van der Waals surface area contributed by atoms with Gasteiger partial charge in [0.2, 0.25) is 0 Å². The van der Waals surface area contributed by atoms with E-state index in [2.05, 4.69) is 27.9 Å². The molecule has 1 aromatic carbocycles. The molecule has 0 unspecified atom stereocenters. The number of nitrogens with zero attached hydrogens (tertiary/aromatic N) is 2. The highest BCUT2D eigenvalue weighted by atomic mass is 35.5. The third-order valence-corrected chi connectivity index (χ3v) is 4.92. The van der Waals surface area contributed by atoms with Crippen molar-refractivity contribution in [2.45, 2.75) is 30.5 Å². The van der Waals surface area contributed by atoms with E-state index in [9.17, 15) is 0 Å². The second kappa shape index (κ2) is 8.43. The van der Waals surface area contributed by atoms with E-state index in [0.29, 0.717) is 0 Å². The molecule has 0 atom stereocenters. The topological polar surface area (TPSA) is 41.6 Å². The lowest BCUT2D eigenvalue weighted by Crippen LogP contribution is -1.95. The van der Waals surface area contributed by atoms with Crippen LogP contribution in [0.3, 0.4) is 0 Å². The fourth-order valence-corrected chi connectivity index (χ4v) is 3.41. The second-order valence-corrected chi connectivity index (χ2v) is 6.39. The van der Waals surface area contributed by atoms with Gasteiger partial charge < -0.3 is 4.98 Å². The minimum Gasteiger partial charge on any atom is -0.341 e. The van der Waals surface area contributed by atoms with Gasteiger partial charge in [0.1, 0.15) is 5.82 Å². The summed E-state index contributed by atoms with van der Waals surface area (Å²) in [6.45, 7) is 2.13. The summed E-state index contributed by atoms with van der Waals surface area (Å²) in [4.78, 5) is 12.5. The van der Waals surface area contributed by atoms with Crippen molar-refractivity contribution in [1.29, 1.82) is 0 Å². The van der Waals surface area contributed by atoms with Crippen LogP contribution in [0.5, 0.6) is 0 Å². The number of thioether (sulfide) groups is 1. The molecule has 6 heteroatoms. The number of rotatable bonds is 6. The highest BCUT2D eigenvalue weighted by Gasteiger charge is 2.08. The van der Waals surface area contributed by atoms with E-state index in [-0.39, 0.29) is 12.4 Å². The van der Waals surface area contributed by atoms with Crippen LogP contribution in [0.15, 0.2) is 41.6 Å². The van der Waals surface area contributed by atoms with Gasteiger partial charge in [-0.15, -0.1) is 12.4 Å². The molecule has 0 aliphatic rings. The Morgan fingerprint density at radius 1 is 1.26 bits per heavy atom. The van der Waals surface area contributed by atoms with Crippen molar-refractivity contribution in [2.75, 3.05) is 0 Å². The van der Waals surface area contributed by atoms with Gasteiger partial charge in [0.05, 0.1) is 21.8 Å². The molecule has 120 valence electrons. The number of aromatic amines is 1. The number of hydrogen-bond acceptors (Lipinski definition) is 4. The van der Waals surface area contributed by atoms with Crippen LogP contribution in [-0.4, -0.2) is 20.3 Å². The van der Waals surface area contributed by atoms with E-state index >= 15 is 0 Å². The molecule has 0 fully saturated rings. The first-order chi connectivity index (χ1) is 10.8. The number of aryl methyl sites for hydroxylation is 1. The van der Waals surface area contributed by atoms with Crippen LogP contribution in [0.25, 0.3) is 11.0 Å². The first-order valence-corrected chi connectivity index (χ1v) is 8.68. The molecule has 0 saturated carbocycles. The minimum atomic E-state index is 0. The standard InChI is InChI=1S/C17H17N3S2.ClH/c1-12-13(5-4-10-21)8-9-18-17(12)22-11-16-19-14-6-2-3-7-15(14)20-16;/h2-3,6-10H,4-5,11H2,1H3,(H,19,20);1H. The lowest BCUT2D eigenvalue weighted by atomic mass is 10.1. The Bertz CT molecular complexity index is 768. The highest BCUT2D eigenvalue weighted by Crippen LogP contribution is 2.26. The Hall–Kier alpha value is -1.43. The van der Waals surface area contributed by atoms with Crippen LogP contribution in [0.2, 0.25) is 0 Å². The van der Waals surface area contributed by atoms with E-state index in [1.165, 1.54) is 11.1 Å². The van der Waals surface area contributed by atoms with Gasteiger partial charge in [-0.3, -0.25) is 0 Å². The van der Waals surface area contributed by atoms with E-state index in [0.717, 1.165) is 40.5 Å². The number of hydrogen-bond donors (Lipinski definition) is 1. The van der Waals surface area contributed by atoms with Crippen LogP contribution in [0, 0.1) is 6.92 Å². The van der Waals surface area contributed by atoms with Crippen molar-refractivity contribution >= 4 is 52.8 Å². The molecule has 0 amide bonds. The zero-order chi connectivity index (χ0) is 15.4. The molecule has 3 nitrogen and oxygen atoms in total. The fourth-order valence-electron chi connectivity index (χ4n) is 2.40.